The Kier molecular flexibility index (Phi) is 4.65. The highest BCUT2D eigenvalue weighted by Crippen LogP contribution is 2.33. The molecule has 0 saturated carbocycles. The molecule has 0 radical (unpaired) electrons. The molecule has 4 aromatic rings. The number of halogens is 2. The van der Waals surface area contributed by atoms with Crippen LogP contribution in [0.2, 0.25) is 0 Å². The fourth-order valence-electron chi connectivity index (χ4n) is 3.36. The Morgan fingerprint density at radius 3 is 2.80 bits per heavy atom. The van der Waals surface area contributed by atoms with E-state index in [-0.39, 0.29) is 10.9 Å². The number of hydrazone groups is 1. The molecule has 30 heavy (non-hydrogen) atoms. The van der Waals surface area contributed by atoms with Crippen LogP contribution in [-0.4, -0.2) is 36.1 Å². The maximum atomic E-state index is 15.2. The molecule has 3 aromatic heterocycles. The first-order valence-corrected chi connectivity index (χ1v) is 9.02. The number of nitrogens with zero attached hydrogens (tertiary/aromatic N) is 6. The highest BCUT2D eigenvalue weighted by atomic mass is 19.1. The van der Waals surface area contributed by atoms with Gasteiger partial charge in [0, 0.05) is 24.6 Å². The van der Waals surface area contributed by atoms with E-state index in [1.165, 1.54) is 27.7 Å². The average molecular weight is 412 g/mol. The minimum Gasteiger partial charge on any atom is -0.350 e. The number of amides is 2. The second-order valence-corrected chi connectivity index (χ2v) is 6.85. The molecule has 3 N–H and O–H groups in total. The maximum absolute atomic E-state index is 15.2. The van der Waals surface area contributed by atoms with Gasteiger partial charge in [0.15, 0.2) is 5.65 Å². The molecule has 1 aromatic carbocycles. The lowest BCUT2D eigenvalue weighted by Gasteiger charge is -2.14. The molecule has 4 rings (SSSR count). The predicted octanol–water partition coefficient (Wildman–Crippen LogP) is 2.44. The van der Waals surface area contributed by atoms with Gasteiger partial charge < -0.3 is 5.73 Å². The van der Waals surface area contributed by atoms with E-state index in [0.29, 0.717) is 28.3 Å². The van der Waals surface area contributed by atoms with Gasteiger partial charge in [-0.25, -0.2) is 28.5 Å². The summed E-state index contributed by atoms with van der Waals surface area (Å²) in [4.78, 5) is 15.1. The summed E-state index contributed by atoms with van der Waals surface area (Å²) in [6, 6.07) is 3.83. The molecule has 0 aliphatic heterocycles. The molecule has 1 atom stereocenters. The summed E-state index contributed by atoms with van der Waals surface area (Å²) in [6.07, 6.45) is 2.90. The molecule has 0 fully saturated rings. The number of hydrogen-bond donors (Lipinski definition) is 2. The molecule has 0 spiro atoms. The Morgan fingerprint density at radius 2 is 2.07 bits per heavy atom. The smallest absolute Gasteiger partial charge is 0.332 e. The summed E-state index contributed by atoms with van der Waals surface area (Å²) in [5, 5.41) is 12.5. The molecule has 0 saturated heterocycles. The third-order valence-electron chi connectivity index (χ3n) is 4.95. The number of carbonyl (C=O) groups is 1. The number of aryl methyl sites for hydroxylation is 1. The third-order valence-corrected chi connectivity index (χ3v) is 4.95. The summed E-state index contributed by atoms with van der Waals surface area (Å²) >= 11 is 0. The second-order valence-electron chi connectivity index (χ2n) is 6.85. The fraction of sp³-hybridized carbons (Fsp3) is 0.211. The number of benzene rings is 1. The van der Waals surface area contributed by atoms with Crippen molar-refractivity contribution in [2.75, 3.05) is 0 Å². The van der Waals surface area contributed by atoms with E-state index in [4.69, 9.17) is 5.73 Å². The van der Waals surface area contributed by atoms with E-state index in [1.54, 1.807) is 33.0 Å². The molecule has 1 unspecified atom stereocenters. The first-order valence-electron chi connectivity index (χ1n) is 9.02. The number of aromatic nitrogens is 5. The highest BCUT2D eigenvalue weighted by molar-refractivity contribution is 5.97. The Morgan fingerprint density at radius 1 is 1.30 bits per heavy atom. The molecule has 0 aliphatic rings. The van der Waals surface area contributed by atoms with Crippen molar-refractivity contribution in [3.8, 4) is 0 Å². The van der Waals surface area contributed by atoms with Gasteiger partial charge in [-0.2, -0.15) is 15.3 Å². The fourth-order valence-corrected chi connectivity index (χ4v) is 3.36. The van der Waals surface area contributed by atoms with Gasteiger partial charge in [-0.3, -0.25) is 4.68 Å². The molecular weight excluding hydrogens is 394 g/mol. The van der Waals surface area contributed by atoms with Gasteiger partial charge in [-0.05, 0) is 19.1 Å². The van der Waals surface area contributed by atoms with E-state index < -0.39 is 23.6 Å². The number of primary amides is 1. The number of hydrogen-bond acceptors (Lipinski definition) is 5. The average Bonchev–Trinajstić information content (AvgIpc) is 3.29. The number of nitrogens with one attached hydrogen (secondary N) is 1. The van der Waals surface area contributed by atoms with Crippen molar-refractivity contribution in [1.29, 1.82) is 0 Å². The SMILES string of the molecule is C/C(=N/NC(N)=O)c1ccc2ncc(C(C)c3c(F)cc4c(cnn4C)c3F)n2n1. The van der Waals surface area contributed by atoms with Crippen molar-refractivity contribution in [1.82, 2.24) is 29.8 Å². The number of imidazole rings is 1. The van der Waals surface area contributed by atoms with Crippen LogP contribution < -0.4 is 11.2 Å². The van der Waals surface area contributed by atoms with Crippen molar-refractivity contribution in [3.05, 3.63) is 59.2 Å². The Bertz CT molecular complexity index is 1320. The standard InChI is InChI=1S/C19H18F2N8O/c1-9(17-12(20)6-14-11(18(17)21)7-24-28(14)3)15-8-23-16-5-4-13(27-29(15)16)10(2)25-26-19(22)30/h4-9H,1-3H3,(H3,22,26,30)/b25-10-. The van der Waals surface area contributed by atoms with Crippen LogP contribution in [0.5, 0.6) is 0 Å². The van der Waals surface area contributed by atoms with E-state index in [9.17, 15) is 9.18 Å². The predicted molar refractivity (Wildman–Crippen MR) is 106 cm³/mol. The first-order chi connectivity index (χ1) is 14.3. The molecule has 2 amide bonds. The van der Waals surface area contributed by atoms with Crippen LogP contribution in [0.1, 0.15) is 36.7 Å². The van der Waals surface area contributed by atoms with Crippen LogP contribution in [0.4, 0.5) is 13.6 Å². The number of carbonyl (C=O) groups excluding carboxylic acids is 1. The molecule has 9 nitrogen and oxygen atoms in total. The summed E-state index contributed by atoms with van der Waals surface area (Å²) in [5.74, 6) is -2.03. The van der Waals surface area contributed by atoms with Crippen LogP contribution >= 0.6 is 0 Å². The zero-order valence-corrected chi connectivity index (χ0v) is 16.4. The summed E-state index contributed by atoms with van der Waals surface area (Å²) < 4.78 is 32.9. The third kappa shape index (κ3) is 3.13. The van der Waals surface area contributed by atoms with Crippen LogP contribution in [0.15, 0.2) is 35.7 Å². The van der Waals surface area contributed by atoms with E-state index in [0.717, 1.165) is 0 Å². The summed E-state index contributed by atoms with van der Waals surface area (Å²) in [7, 11) is 1.62. The highest BCUT2D eigenvalue weighted by Gasteiger charge is 2.25. The van der Waals surface area contributed by atoms with Gasteiger partial charge in [0.2, 0.25) is 0 Å². The molecule has 0 aliphatic carbocycles. The topological polar surface area (TPSA) is 115 Å². The largest absolute Gasteiger partial charge is 0.350 e. The Balaban J connectivity index is 1.82. The van der Waals surface area contributed by atoms with Crippen LogP contribution in [0.3, 0.4) is 0 Å². The quantitative estimate of drug-likeness (QED) is 0.396. The van der Waals surface area contributed by atoms with Crippen molar-refractivity contribution in [2.45, 2.75) is 19.8 Å². The van der Waals surface area contributed by atoms with E-state index >= 15 is 4.39 Å². The van der Waals surface area contributed by atoms with Crippen molar-refractivity contribution >= 4 is 28.3 Å². The zero-order chi connectivity index (χ0) is 21.6. The van der Waals surface area contributed by atoms with Crippen LogP contribution in [-0.2, 0) is 7.05 Å². The summed E-state index contributed by atoms with van der Waals surface area (Å²) in [6.45, 7) is 3.32. The zero-order valence-electron chi connectivity index (χ0n) is 16.4. The lowest BCUT2D eigenvalue weighted by atomic mass is 9.95. The van der Waals surface area contributed by atoms with Crippen molar-refractivity contribution in [3.63, 3.8) is 0 Å². The lowest BCUT2D eigenvalue weighted by molar-refractivity contribution is 0.249. The Labute approximate surface area is 169 Å². The maximum Gasteiger partial charge on any atom is 0.332 e. The van der Waals surface area contributed by atoms with Crippen LogP contribution in [0.25, 0.3) is 16.6 Å². The second kappa shape index (κ2) is 7.17. The van der Waals surface area contributed by atoms with Crippen molar-refractivity contribution < 1.29 is 13.6 Å². The van der Waals surface area contributed by atoms with Gasteiger partial charge in [0.05, 0.1) is 34.7 Å². The molecule has 11 heteroatoms. The number of nitrogens with two attached hydrogens (primary N) is 1. The number of rotatable bonds is 4. The van der Waals surface area contributed by atoms with Gasteiger partial charge >= 0.3 is 6.03 Å². The number of urea groups is 1. The lowest BCUT2D eigenvalue weighted by Crippen LogP contribution is -2.25. The minimum absolute atomic E-state index is 0.0923. The molecule has 154 valence electrons. The Hall–Kier alpha value is -3.89. The van der Waals surface area contributed by atoms with E-state index in [1.807, 2.05) is 0 Å². The van der Waals surface area contributed by atoms with Crippen LogP contribution in [0, 0.1) is 11.6 Å². The first kappa shape index (κ1) is 19.4. The molecule has 0 bridgehead atoms. The molecule has 3 heterocycles. The van der Waals surface area contributed by atoms with Crippen molar-refractivity contribution in [2.24, 2.45) is 17.9 Å². The van der Waals surface area contributed by atoms with Gasteiger partial charge in [-0.15, -0.1) is 0 Å². The van der Waals surface area contributed by atoms with Gasteiger partial charge in [-0.1, -0.05) is 6.92 Å². The number of fused-ring (bicyclic) bond motifs is 2. The minimum atomic E-state index is -0.802. The van der Waals surface area contributed by atoms with Gasteiger partial charge in [0.1, 0.15) is 17.3 Å². The van der Waals surface area contributed by atoms with E-state index in [2.05, 4.69) is 25.7 Å². The monoisotopic (exact) mass is 412 g/mol. The summed E-state index contributed by atoms with van der Waals surface area (Å²) in [5.41, 5.74) is 9.26. The van der Waals surface area contributed by atoms with Gasteiger partial charge in [0.25, 0.3) is 0 Å². The molecular formula is C19H18F2N8O. The normalized spacial score (nSPS) is 13.2.